The van der Waals surface area contributed by atoms with Crippen molar-refractivity contribution < 1.29 is 14.1 Å². The molecule has 3 heterocycles. The van der Waals surface area contributed by atoms with Gasteiger partial charge in [-0.3, -0.25) is 4.79 Å². The Kier molecular flexibility index (Phi) is 4.61. The Bertz CT molecular complexity index is 905. The molecule has 1 amide bonds. The molecule has 1 aliphatic rings. The van der Waals surface area contributed by atoms with Crippen molar-refractivity contribution in [3.05, 3.63) is 35.5 Å². The van der Waals surface area contributed by atoms with Crippen LogP contribution in [0.3, 0.4) is 0 Å². The molecule has 1 aromatic carbocycles. The third kappa shape index (κ3) is 3.17. The van der Waals surface area contributed by atoms with Crippen molar-refractivity contribution in [1.82, 2.24) is 30.5 Å². The van der Waals surface area contributed by atoms with Crippen LogP contribution in [0, 0.1) is 0 Å². The number of likely N-dealkylation sites (tertiary alicyclic amines) is 1. The minimum Gasteiger partial charge on any atom is -0.384 e. The summed E-state index contributed by atoms with van der Waals surface area (Å²) in [7, 11) is 1.63. The molecule has 9 heteroatoms. The molecule has 0 spiro atoms. The number of rotatable bonds is 5. The molecule has 3 aromatic rings. The molecule has 1 unspecified atom stereocenters. The van der Waals surface area contributed by atoms with Crippen LogP contribution in [0.25, 0.3) is 11.0 Å². The Balaban J connectivity index is 1.58. The molecule has 9 nitrogen and oxygen atoms in total. The van der Waals surface area contributed by atoms with E-state index in [0.29, 0.717) is 42.4 Å². The number of hydrogen-bond acceptors (Lipinski definition) is 7. The van der Waals surface area contributed by atoms with E-state index in [1.165, 1.54) is 0 Å². The van der Waals surface area contributed by atoms with Crippen molar-refractivity contribution in [3.63, 3.8) is 0 Å². The zero-order valence-corrected chi connectivity index (χ0v) is 14.5. The van der Waals surface area contributed by atoms with Gasteiger partial charge in [-0.1, -0.05) is 5.16 Å². The zero-order valence-electron chi connectivity index (χ0n) is 14.5. The molecule has 0 aliphatic carbocycles. The number of hydrogen-bond donors (Lipinski definition) is 1. The number of amides is 1. The largest absolute Gasteiger partial charge is 0.384 e. The maximum atomic E-state index is 13.1. The number of nitrogens with one attached hydrogen (secondary N) is 1. The van der Waals surface area contributed by atoms with Crippen LogP contribution in [0.4, 0.5) is 0 Å². The molecule has 1 atom stereocenters. The minimum atomic E-state index is -0.201. The van der Waals surface area contributed by atoms with Crippen molar-refractivity contribution in [1.29, 1.82) is 0 Å². The molecule has 136 valence electrons. The number of benzene rings is 1. The quantitative estimate of drug-likeness (QED) is 0.743. The van der Waals surface area contributed by atoms with Gasteiger partial charge in [0.25, 0.3) is 5.91 Å². The SMILES string of the molecule is COCCc1noc(C2CCCCN2C(=O)c2ccc3n[nH]nc3c2)n1. The standard InChI is InChI=1S/C17H20N6O3/c1-25-9-7-15-18-16(26-21-15)14-4-2-3-8-23(14)17(24)11-5-6-12-13(10-11)20-22-19-12/h5-6,10,14H,2-4,7-9H2,1H3,(H,19,20,22). The first-order valence-corrected chi connectivity index (χ1v) is 8.69. The van der Waals surface area contributed by atoms with Crippen molar-refractivity contribution >= 4 is 16.9 Å². The van der Waals surface area contributed by atoms with Crippen LogP contribution >= 0.6 is 0 Å². The monoisotopic (exact) mass is 356 g/mol. The second kappa shape index (κ2) is 7.20. The molecule has 2 aromatic heterocycles. The highest BCUT2D eigenvalue weighted by Gasteiger charge is 2.32. The molecule has 1 N–H and O–H groups in total. The molecule has 26 heavy (non-hydrogen) atoms. The number of piperidine rings is 1. The lowest BCUT2D eigenvalue weighted by atomic mass is 10.0. The van der Waals surface area contributed by atoms with Gasteiger partial charge in [-0.25, -0.2) is 0 Å². The second-order valence-electron chi connectivity index (χ2n) is 6.33. The van der Waals surface area contributed by atoms with Crippen molar-refractivity contribution in [2.75, 3.05) is 20.3 Å². The Morgan fingerprint density at radius 2 is 2.23 bits per heavy atom. The van der Waals surface area contributed by atoms with Gasteiger partial charge in [0.15, 0.2) is 5.82 Å². The Morgan fingerprint density at radius 1 is 1.35 bits per heavy atom. The van der Waals surface area contributed by atoms with E-state index in [0.717, 1.165) is 24.8 Å². The molecular weight excluding hydrogens is 336 g/mol. The summed E-state index contributed by atoms with van der Waals surface area (Å²) in [6.07, 6.45) is 3.37. The van der Waals surface area contributed by atoms with E-state index in [4.69, 9.17) is 9.26 Å². The summed E-state index contributed by atoms with van der Waals surface area (Å²) in [5.74, 6) is 1.03. The highest BCUT2D eigenvalue weighted by molar-refractivity contribution is 5.97. The topological polar surface area (TPSA) is 110 Å². The first-order chi connectivity index (χ1) is 12.8. The van der Waals surface area contributed by atoms with Gasteiger partial charge in [-0.15, -0.1) is 0 Å². The maximum absolute atomic E-state index is 13.1. The van der Waals surface area contributed by atoms with Crippen molar-refractivity contribution in [2.24, 2.45) is 0 Å². The summed E-state index contributed by atoms with van der Waals surface area (Å²) in [5.41, 5.74) is 1.98. The van der Waals surface area contributed by atoms with Crippen LogP contribution in [0.5, 0.6) is 0 Å². The van der Waals surface area contributed by atoms with Gasteiger partial charge < -0.3 is 14.2 Å². The van der Waals surface area contributed by atoms with Gasteiger partial charge in [0, 0.05) is 25.6 Å². The molecule has 4 rings (SSSR count). The first kappa shape index (κ1) is 16.6. The van der Waals surface area contributed by atoms with Gasteiger partial charge in [0.05, 0.1) is 6.61 Å². The summed E-state index contributed by atoms with van der Waals surface area (Å²) < 4.78 is 10.5. The van der Waals surface area contributed by atoms with Gasteiger partial charge in [-0.2, -0.15) is 20.4 Å². The van der Waals surface area contributed by atoms with Crippen LogP contribution in [-0.4, -0.2) is 56.6 Å². The Hall–Kier alpha value is -2.81. The molecule has 1 aliphatic heterocycles. The van der Waals surface area contributed by atoms with E-state index in [2.05, 4.69) is 25.6 Å². The van der Waals surface area contributed by atoms with Gasteiger partial charge in [0.2, 0.25) is 5.89 Å². The Morgan fingerprint density at radius 3 is 3.12 bits per heavy atom. The lowest BCUT2D eigenvalue weighted by Gasteiger charge is -2.33. The summed E-state index contributed by atoms with van der Waals surface area (Å²) in [5, 5.41) is 14.6. The molecule has 1 saturated heterocycles. The third-order valence-corrected chi connectivity index (χ3v) is 4.63. The fraction of sp³-hybridized carbons (Fsp3) is 0.471. The lowest BCUT2D eigenvalue weighted by molar-refractivity contribution is 0.0561. The summed E-state index contributed by atoms with van der Waals surface area (Å²) in [6, 6.07) is 5.12. The maximum Gasteiger partial charge on any atom is 0.254 e. The predicted molar refractivity (Wildman–Crippen MR) is 91.4 cm³/mol. The highest BCUT2D eigenvalue weighted by Crippen LogP contribution is 2.31. The first-order valence-electron chi connectivity index (χ1n) is 8.69. The number of nitrogens with zero attached hydrogens (tertiary/aromatic N) is 5. The van der Waals surface area contributed by atoms with E-state index in [9.17, 15) is 4.79 Å². The van der Waals surface area contributed by atoms with E-state index >= 15 is 0 Å². The summed E-state index contributed by atoms with van der Waals surface area (Å²) in [6.45, 7) is 1.19. The molecule has 0 radical (unpaired) electrons. The number of H-pyrrole nitrogens is 1. The van der Waals surface area contributed by atoms with Gasteiger partial charge >= 0.3 is 0 Å². The average Bonchev–Trinajstić information content (AvgIpc) is 3.34. The van der Waals surface area contributed by atoms with Crippen molar-refractivity contribution in [2.45, 2.75) is 31.7 Å². The van der Waals surface area contributed by atoms with E-state index < -0.39 is 0 Å². The fourth-order valence-electron chi connectivity index (χ4n) is 3.27. The number of aromatic amines is 1. The predicted octanol–water partition coefficient (Wildman–Crippen LogP) is 1.90. The number of ether oxygens (including phenoxy) is 1. The van der Waals surface area contributed by atoms with E-state index in [1.807, 2.05) is 4.90 Å². The molecule has 0 bridgehead atoms. The smallest absolute Gasteiger partial charge is 0.254 e. The molecular formula is C17H20N6O3. The van der Waals surface area contributed by atoms with Crippen LogP contribution < -0.4 is 0 Å². The lowest BCUT2D eigenvalue weighted by Crippen LogP contribution is -2.38. The highest BCUT2D eigenvalue weighted by atomic mass is 16.5. The fourth-order valence-corrected chi connectivity index (χ4v) is 3.27. The van der Waals surface area contributed by atoms with Gasteiger partial charge in [-0.05, 0) is 37.5 Å². The van der Waals surface area contributed by atoms with Crippen molar-refractivity contribution in [3.8, 4) is 0 Å². The van der Waals surface area contributed by atoms with E-state index in [1.54, 1.807) is 25.3 Å². The van der Waals surface area contributed by atoms with Gasteiger partial charge in [0.1, 0.15) is 17.1 Å². The summed E-state index contributed by atoms with van der Waals surface area (Å²) in [4.78, 5) is 19.4. The number of carbonyl (C=O) groups is 1. The number of aromatic nitrogens is 5. The molecule has 1 fully saturated rings. The number of methoxy groups -OCH3 is 1. The summed E-state index contributed by atoms with van der Waals surface area (Å²) >= 11 is 0. The zero-order chi connectivity index (χ0) is 17.9. The van der Waals surface area contributed by atoms with Crippen LogP contribution in [0.15, 0.2) is 22.7 Å². The number of carbonyl (C=O) groups excluding carboxylic acids is 1. The van der Waals surface area contributed by atoms with E-state index in [-0.39, 0.29) is 11.9 Å². The van der Waals surface area contributed by atoms with Crippen LogP contribution in [0.1, 0.15) is 47.4 Å². The van der Waals surface area contributed by atoms with Crippen LogP contribution in [-0.2, 0) is 11.2 Å². The molecule has 0 saturated carbocycles. The normalized spacial score (nSPS) is 17.7. The average molecular weight is 356 g/mol. The number of fused-ring (bicyclic) bond motifs is 1. The third-order valence-electron chi connectivity index (χ3n) is 4.63. The van der Waals surface area contributed by atoms with Crippen LogP contribution in [0.2, 0.25) is 0 Å². The second-order valence-corrected chi connectivity index (χ2v) is 6.33. The minimum absolute atomic E-state index is 0.0590. The Labute approximate surface area is 149 Å².